The Bertz CT molecular complexity index is 926. The smallest absolute Gasteiger partial charge is 0.355 e. The molecule has 3 heterocycles. The van der Waals surface area contributed by atoms with Gasteiger partial charge in [-0.3, -0.25) is 9.78 Å². The molecule has 1 aliphatic heterocycles. The minimum atomic E-state index is -4.39. The highest BCUT2D eigenvalue weighted by molar-refractivity contribution is 8.01. The van der Waals surface area contributed by atoms with Gasteiger partial charge in [0.15, 0.2) is 5.82 Å². The molecule has 0 aliphatic carbocycles. The first-order valence-electron chi connectivity index (χ1n) is 8.62. The molecule has 6 nitrogen and oxygen atoms in total. The van der Waals surface area contributed by atoms with E-state index in [0.29, 0.717) is 24.2 Å². The third kappa shape index (κ3) is 3.71. The van der Waals surface area contributed by atoms with Gasteiger partial charge in [0.05, 0.1) is 17.4 Å². The average Bonchev–Trinajstić information content (AvgIpc) is 3.28. The summed E-state index contributed by atoms with van der Waals surface area (Å²) < 4.78 is 43.4. The van der Waals surface area contributed by atoms with Crippen molar-refractivity contribution in [3.63, 3.8) is 0 Å². The number of nitrogens with one attached hydrogen (secondary N) is 2. The first-order chi connectivity index (χ1) is 12.9. The number of anilines is 2. The lowest BCUT2D eigenvalue weighted by Gasteiger charge is -2.31. The van der Waals surface area contributed by atoms with E-state index in [4.69, 9.17) is 0 Å². The molecule has 2 aromatic heterocycles. The molecule has 0 bridgehead atoms. The number of fused-ring (bicyclic) bond motifs is 1. The topological polar surface area (TPSA) is 61.8 Å². The normalized spacial score (nSPS) is 16.2. The van der Waals surface area contributed by atoms with Gasteiger partial charge in [-0.25, -0.2) is 0 Å². The average molecular weight is 396 g/mol. The van der Waals surface area contributed by atoms with Crippen LogP contribution in [-0.2, 0) is 13.2 Å². The number of nitrogens with zero attached hydrogens (tertiary/aromatic N) is 4. The highest BCUT2D eigenvalue weighted by Gasteiger charge is 2.34. The Hall–Kier alpha value is -2.36. The maximum Gasteiger partial charge on any atom is 0.432 e. The van der Waals surface area contributed by atoms with Crippen molar-refractivity contribution in [1.82, 2.24) is 20.0 Å². The summed E-state index contributed by atoms with van der Waals surface area (Å²) >= 11 is 1.66. The summed E-state index contributed by atoms with van der Waals surface area (Å²) in [6.45, 7) is 1.36. The molecule has 0 radical (unpaired) electrons. The van der Waals surface area contributed by atoms with Crippen molar-refractivity contribution >= 4 is 34.4 Å². The summed E-state index contributed by atoms with van der Waals surface area (Å²) in [5, 5.41) is 11.6. The van der Waals surface area contributed by atoms with E-state index in [9.17, 15) is 13.2 Å². The van der Waals surface area contributed by atoms with Gasteiger partial charge in [0.25, 0.3) is 0 Å². The van der Waals surface area contributed by atoms with Crippen molar-refractivity contribution in [3.05, 3.63) is 36.2 Å². The predicted molar refractivity (Wildman–Crippen MR) is 101 cm³/mol. The van der Waals surface area contributed by atoms with E-state index >= 15 is 0 Å². The summed E-state index contributed by atoms with van der Waals surface area (Å²) in [7, 11) is 1.91. The van der Waals surface area contributed by atoms with Crippen LogP contribution in [0.1, 0.15) is 18.5 Å². The first kappa shape index (κ1) is 18.0. The van der Waals surface area contributed by atoms with Crippen molar-refractivity contribution in [2.75, 3.05) is 22.7 Å². The number of halogens is 3. The number of para-hydroxylation sites is 1. The Morgan fingerprint density at radius 3 is 2.74 bits per heavy atom. The van der Waals surface area contributed by atoms with E-state index in [1.54, 1.807) is 11.9 Å². The van der Waals surface area contributed by atoms with Crippen LogP contribution in [0.25, 0.3) is 10.9 Å². The molecule has 1 aromatic carbocycles. The van der Waals surface area contributed by atoms with Crippen molar-refractivity contribution in [2.45, 2.75) is 24.3 Å². The van der Waals surface area contributed by atoms with Crippen LogP contribution >= 0.6 is 11.9 Å². The van der Waals surface area contributed by atoms with Crippen LogP contribution in [0, 0.1) is 0 Å². The van der Waals surface area contributed by atoms with Gasteiger partial charge in [0.1, 0.15) is 5.69 Å². The number of alkyl halides is 3. The van der Waals surface area contributed by atoms with Gasteiger partial charge in [-0.1, -0.05) is 12.1 Å². The number of hydrogen-bond donors (Lipinski definition) is 2. The number of H-pyrrole nitrogens is 1. The summed E-state index contributed by atoms with van der Waals surface area (Å²) in [5.74, 6) is 0.360. The molecule has 1 fully saturated rings. The summed E-state index contributed by atoms with van der Waals surface area (Å²) in [6, 6.07) is 7.12. The highest BCUT2D eigenvalue weighted by atomic mass is 32.2. The fourth-order valence-corrected chi connectivity index (χ4v) is 4.19. The molecule has 0 saturated carbocycles. The molecule has 10 heteroatoms. The van der Waals surface area contributed by atoms with Crippen LogP contribution in [0.4, 0.5) is 24.7 Å². The zero-order chi connectivity index (χ0) is 19.0. The van der Waals surface area contributed by atoms with Crippen molar-refractivity contribution in [3.8, 4) is 0 Å². The Morgan fingerprint density at radius 1 is 1.26 bits per heavy atom. The zero-order valence-electron chi connectivity index (χ0n) is 14.6. The lowest BCUT2D eigenvalue weighted by atomic mass is 10.1. The van der Waals surface area contributed by atoms with Gasteiger partial charge in [-0.05, 0) is 30.9 Å². The van der Waals surface area contributed by atoms with E-state index in [1.165, 1.54) is 0 Å². The molecule has 0 atom stereocenters. The standard InChI is InChI=1S/C17H19F3N6S/c1-25-16-11(10-21-25)3-2-4-13(16)24-27-12-5-7-26(8-6-12)15-9-14(22-23-15)17(18,19)20/h2-4,9-10,12,24H,5-8H2,1H3,(H,22,23). The quantitative estimate of drug-likeness (QED) is 0.652. The Morgan fingerprint density at radius 2 is 2.04 bits per heavy atom. The number of aromatic nitrogens is 4. The van der Waals surface area contributed by atoms with Crippen molar-refractivity contribution < 1.29 is 13.2 Å². The molecule has 144 valence electrons. The van der Waals surface area contributed by atoms with Crippen molar-refractivity contribution in [2.24, 2.45) is 7.05 Å². The molecule has 27 heavy (non-hydrogen) atoms. The van der Waals surface area contributed by atoms with Gasteiger partial charge in [-0.15, -0.1) is 0 Å². The van der Waals surface area contributed by atoms with Crippen LogP contribution in [0.5, 0.6) is 0 Å². The third-order valence-electron chi connectivity index (χ3n) is 4.73. The Labute approximate surface area is 158 Å². The number of aryl methyl sites for hydroxylation is 1. The van der Waals surface area contributed by atoms with Gasteiger partial charge < -0.3 is 9.62 Å². The predicted octanol–water partition coefficient (Wildman–Crippen LogP) is 4.04. The van der Waals surface area contributed by atoms with E-state index in [2.05, 4.69) is 20.0 Å². The Balaban J connectivity index is 1.34. The molecule has 0 spiro atoms. The van der Waals surface area contributed by atoms with Gasteiger partial charge >= 0.3 is 6.18 Å². The van der Waals surface area contributed by atoms with Gasteiger partial charge in [-0.2, -0.15) is 23.4 Å². The van der Waals surface area contributed by atoms with E-state index < -0.39 is 11.9 Å². The molecule has 4 rings (SSSR count). The molecule has 0 unspecified atom stereocenters. The SMILES string of the molecule is Cn1ncc2cccc(NSC3CCN(c4cc(C(F)(F)F)[nH]n4)CC3)c21. The number of aromatic amines is 1. The molecule has 2 N–H and O–H groups in total. The second kappa shape index (κ2) is 6.99. The lowest BCUT2D eigenvalue weighted by Crippen LogP contribution is -2.35. The maximum atomic E-state index is 12.7. The van der Waals surface area contributed by atoms with Crippen LogP contribution in [0.15, 0.2) is 30.5 Å². The third-order valence-corrected chi connectivity index (χ3v) is 5.87. The van der Waals surface area contributed by atoms with Crippen LogP contribution < -0.4 is 9.62 Å². The van der Waals surface area contributed by atoms with E-state index in [-0.39, 0.29) is 0 Å². The molecule has 0 amide bonds. The minimum Gasteiger partial charge on any atom is -0.355 e. The van der Waals surface area contributed by atoms with Crippen LogP contribution in [0.2, 0.25) is 0 Å². The molecule has 1 saturated heterocycles. The van der Waals surface area contributed by atoms with Crippen molar-refractivity contribution in [1.29, 1.82) is 0 Å². The maximum absolute atomic E-state index is 12.7. The van der Waals surface area contributed by atoms with E-state index in [0.717, 1.165) is 35.5 Å². The van der Waals surface area contributed by atoms with Crippen LogP contribution in [0.3, 0.4) is 0 Å². The highest BCUT2D eigenvalue weighted by Crippen LogP contribution is 2.32. The molecular formula is C17H19F3N6S. The van der Waals surface area contributed by atoms with Gasteiger partial charge in [0.2, 0.25) is 0 Å². The number of rotatable bonds is 4. The molecule has 3 aromatic rings. The summed E-state index contributed by atoms with van der Waals surface area (Å²) in [5.41, 5.74) is 1.26. The monoisotopic (exact) mass is 396 g/mol. The first-order valence-corrected chi connectivity index (χ1v) is 9.50. The second-order valence-corrected chi connectivity index (χ2v) is 7.66. The molecular weight excluding hydrogens is 377 g/mol. The number of benzene rings is 1. The molecule has 1 aliphatic rings. The number of piperidine rings is 1. The van der Waals surface area contributed by atoms with E-state index in [1.807, 2.05) is 41.0 Å². The Kier molecular flexibility index (Phi) is 4.67. The van der Waals surface area contributed by atoms with Gasteiger partial charge in [0, 0.05) is 36.8 Å². The summed E-state index contributed by atoms with van der Waals surface area (Å²) in [6.07, 6.45) is -0.820. The zero-order valence-corrected chi connectivity index (χ0v) is 15.4. The van der Waals surface area contributed by atoms with Crippen LogP contribution in [-0.4, -0.2) is 38.3 Å². The fourth-order valence-electron chi connectivity index (χ4n) is 3.28. The largest absolute Gasteiger partial charge is 0.432 e. The lowest BCUT2D eigenvalue weighted by molar-refractivity contribution is -0.141. The summed E-state index contributed by atoms with van der Waals surface area (Å²) in [4.78, 5) is 1.89. The number of hydrogen-bond acceptors (Lipinski definition) is 5. The fraction of sp³-hybridized carbons (Fsp3) is 0.412. The minimum absolute atomic E-state index is 0.360. The second-order valence-electron chi connectivity index (χ2n) is 6.56.